The van der Waals surface area contributed by atoms with Crippen LogP contribution in [0.4, 0.5) is 5.69 Å². The lowest BCUT2D eigenvalue weighted by Crippen LogP contribution is -2.06. The Morgan fingerprint density at radius 1 is 1.35 bits per heavy atom. The highest BCUT2D eigenvalue weighted by Crippen LogP contribution is 2.29. The smallest absolute Gasteiger partial charge is 0.131 e. The summed E-state index contributed by atoms with van der Waals surface area (Å²) in [5, 5.41) is 4.47. The lowest BCUT2D eigenvalue weighted by atomic mass is 10.1. The van der Waals surface area contributed by atoms with E-state index in [-0.39, 0.29) is 0 Å². The summed E-state index contributed by atoms with van der Waals surface area (Å²) in [5.41, 5.74) is 10.8. The normalized spacial score (nSPS) is 10.8. The van der Waals surface area contributed by atoms with Gasteiger partial charge in [-0.1, -0.05) is 13.0 Å². The first-order valence-corrected chi connectivity index (χ1v) is 7.43. The van der Waals surface area contributed by atoms with E-state index in [1.807, 2.05) is 37.7 Å². The van der Waals surface area contributed by atoms with E-state index >= 15 is 0 Å². The van der Waals surface area contributed by atoms with E-state index in [1.54, 1.807) is 0 Å². The minimum Gasteiger partial charge on any atom is -0.487 e. The van der Waals surface area contributed by atoms with E-state index < -0.39 is 0 Å². The second-order valence-electron chi connectivity index (χ2n) is 4.90. The standard InChI is InChI=1S/C15H20BrN3O/c1-5-12-14(16)13(19(4)18-12)8-20-15-9(2)6-7-11(17)10(15)3/h6-7H,5,8,17H2,1-4H3. The van der Waals surface area contributed by atoms with Gasteiger partial charge in [0.2, 0.25) is 0 Å². The molecule has 2 aromatic rings. The third kappa shape index (κ3) is 2.68. The number of nitrogen functional groups attached to an aromatic ring is 1. The Kier molecular flexibility index (Phi) is 4.38. The van der Waals surface area contributed by atoms with Gasteiger partial charge in [-0.15, -0.1) is 0 Å². The van der Waals surface area contributed by atoms with Crippen molar-refractivity contribution in [3.05, 3.63) is 39.1 Å². The van der Waals surface area contributed by atoms with Crippen LogP contribution in [0.3, 0.4) is 0 Å². The first-order chi connectivity index (χ1) is 9.45. The van der Waals surface area contributed by atoms with Gasteiger partial charge < -0.3 is 10.5 Å². The summed E-state index contributed by atoms with van der Waals surface area (Å²) in [7, 11) is 1.93. The van der Waals surface area contributed by atoms with E-state index in [0.717, 1.165) is 44.8 Å². The Bertz CT molecular complexity index is 635. The first kappa shape index (κ1) is 14.9. The van der Waals surface area contributed by atoms with Crippen LogP contribution in [0.25, 0.3) is 0 Å². The summed E-state index contributed by atoms with van der Waals surface area (Å²) in [6.45, 7) is 6.56. The molecule has 0 bridgehead atoms. The third-order valence-corrected chi connectivity index (χ3v) is 4.42. The van der Waals surface area contributed by atoms with Crippen LogP contribution in [0.15, 0.2) is 16.6 Å². The minimum atomic E-state index is 0.467. The fourth-order valence-electron chi connectivity index (χ4n) is 2.18. The van der Waals surface area contributed by atoms with Crippen LogP contribution in [0.2, 0.25) is 0 Å². The molecule has 0 amide bonds. The second kappa shape index (κ2) is 5.87. The van der Waals surface area contributed by atoms with Crippen molar-refractivity contribution in [3.63, 3.8) is 0 Å². The molecule has 5 heteroatoms. The quantitative estimate of drug-likeness (QED) is 0.868. The van der Waals surface area contributed by atoms with Crippen LogP contribution in [-0.2, 0) is 20.1 Å². The Balaban J connectivity index is 2.26. The number of hydrogen-bond acceptors (Lipinski definition) is 3. The largest absolute Gasteiger partial charge is 0.487 e. The summed E-state index contributed by atoms with van der Waals surface area (Å²) in [5.74, 6) is 0.858. The van der Waals surface area contributed by atoms with Crippen molar-refractivity contribution >= 4 is 21.6 Å². The fraction of sp³-hybridized carbons (Fsp3) is 0.400. The number of rotatable bonds is 4. The van der Waals surface area contributed by atoms with Gasteiger partial charge in [-0.3, -0.25) is 4.68 Å². The van der Waals surface area contributed by atoms with E-state index in [4.69, 9.17) is 10.5 Å². The molecule has 0 spiro atoms. The van der Waals surface area contributed by atoms with Crippen LogP contribution in [0.1, 0.15) is 29.4 Å². The molecule has 0 unspecified atom stereocenters. The average molecular weight is 338 g/mol. The Morgan fingerprint density at radius 3 is 2.65 bits per heavy atom. The molecule has 108 valence electrons. The number of halogens is 1. The molecule has 0 aliphatic rings. The molecule has 0 aliphatic carbocycles. The molecule has 20 heavy (non-hydrogen) atoms. The second-order valence-corrected chi connectivity index (χ2v) is 5.69. The number of nitrogens with two attached hydrogens (primary N) is 1. The molecule has 2 N–H and O–H groups in total. The summed E-state index contributed by atoms with van der Waals surface area (Å²) in [6, 6.07) is 3.89. The molecule has 0 radical (unpaired) electrons. The summed E-state index contributed by atoms with van der Waals surface area (Å²) in [6.07, 6.45) is 0.894. The van der Waals surface area contributed by atoms with Crippen molar-refractivity contribution in [2.45, 2.75) is 33.8 Å². The molecule has 2 rings (SSSR count). The zero-order chi connectivity index (χ0) is 14.9. The summed E-state index contributed by atoms with van der Waals surface area (Å²) < 4.78 is 8.87. The number of nitrogens with zero attached hydrogens (tertiary/aromatic N) is 2. The molecular weight excluding hydrogens is 318 g/mol. The highest BCUT2D eigenvalue weighted by molar-refractivity contribution is 9.10. The van der Waals surface area contributed by atoms with Crippen LogP contribution in [0.5, 0.6) is 5.75 Å². The van der Waals surface area contributed by atoms with Gasteiger partial charge in [0.15, 0.2) is 0 Å². The lowest BCUT2D eigenvalue weighted by Gasteiger charge is -2.14. The van der Waals surface area contributed by atoms with Gasteiger partial charge in [-0.25, -0.2) is 0 Å². The van der Waals surface area contributed by atoms with E-state index in [1.165, 1.54) is 0 Å². The third-order valence-electron chi connectivity index (χ3n) is 3.50. The molecular formula is C15H20BrN3O. The number of anilines is 1. The molecule has 1 aromatic carbocycles. The molecule has 0 atom stereocenters. The topological polar surface area (TPSA) is 53.1 Å². The predicted octanol–water partition coefficient (Wildman–Crippen LogP) is 3.52. The number of ether oxygens (including phenoxy) is 1. The summed E-state index contributed by atoms with van der Waals surface area (Å²) in [4.78, 5) is 0. The molecule has 0 fully saturated rings. The van der Waals surface area contributed by atoms with Gasteiger partial charge in [0, 0.05) is 18.3 Å². The zero-order valence-corrected chi connectivity index (χ0v) is 13.9. The van der Waals surface area contributed by atoms with Crippen LogP contribution in [-0.4, -0.2) is 9.78 Å². The highest BCUT2D eigenvalue weighted by Gasteiger charge is 2.14. The maximum absolute atomic E-state index is 5.98. The van der Waals surface area contributed by atoms with Crippen molar-refractivity contribution < 1.29 is 4.74 Å². The monoisotopic (exact) mass is 337 g/mol. The van der Waals surface area contributed by atoms with Gasteiger partial charge >= 0.3 is 0 Å². The van der Waals surface area contributed by atoms with Gasteiger partial charge in [0.1, 0.15) is 12.4 Å². The van der Waals surface area contributed by atoms with Crippen molar-refractivity contribution in [3.8, 4) is 5.75 Å². The van der Waals surface area contributed by atoms with Gasteiger partial charge in [0.25, 0.3) is 0 Å². The Labute approximate surface area is 128 Å². The van der Waals surface area contributed by atoms with Gasteiger partial charge in [-0.05, 0) is 47.8 Å². The number of aromatic nitrogens is 2. The van der Waals surface area contributed by atoms with E-state index in [9.17, 15) is 0 Å². The maximum atomic E-state index is 5.98. The zero-order valence-electron chi connectivity index (χ0n) is 12.3. The summed E-state index contributed by atoms with van der Waals surface area (Å²) >= 11 is 3.60. The molecule has 0 saturated carbocycles. The number of hydrogen-bond donors (Lipinski definition) is 1. The van der Waals surface area contributed by atoms with Crippen LogP contribution in [0, 0.1) is 13.8 Å². The lowest BCUT2D eigenvalue weighted by molar-refractivity contribution is 0.290. The van der Waals surface area contributed by atoms with Crippen molar-refractivity contribution in [2.24, 2.45) is 7.05 Å². The molecule has 0 aliphatic heterocycles. The van der Waals surface area contributed by atoms with E-state index in [0.29, 0.717) is 6.61 Å². The SMILES string of the molecule is CCc1nn(C)c(COc2c(C)ccc(N)c2C)c1Br. The number of benzene rings is 1. The maximum Gasteiger partial charge on any atom is 0.131 e. The molecule has 4 nitrogen and oxygen atoms in total. The molecule has 1 heterocycles. The first-order valence-electron chi connectivity index (χ1n) is 6.64. The molecule has 1 aromatic heterocycles. The van der Waals surface area contributed by atoms with Crippen molar-refractivity contribution in [2.75, 3.05) is 5.73 Å². The van der Waals surface area contributed by atoms with Gasteiger partial charge in [0.05, 0.1) is 15.9 Å². The average Bonchev–Trinajstić information content (AvgIpc) is 2.70. The van der Waals surface area contributed by atoms with E-state index in [2.05, 4.69) is 28.0 Å². The number of aryl methyl sites for hydroxylation is 3. The Hall–Kier alpha value is -1.49. The Morgan fingerprint density at radius 2 is 2.05 bits per heavy atom. The predicted molar refractivity (Wildman–Crippen MR) is 84.9 cm³/mol. The fourth-order valence-corrected chi connectivity index (χ4v) is 2.91. The van der Waals surface area contributed by atoms with Gasteiger partial charge in [-0.2, -0.15) is 5.10 Å². The van der Waals surface area contributed by atoms with Crippen molar-refractivity contribution in [1.29, 1.82) is 0 Å². The molecule has 0 saturated heterocycles. The van der Waals surface area contributed by atoms with Crippen LogP contribution < -0.4 is 10.5 Å². The minimum absolute atomic E-state index is 0.467. The highest BCUT2D eigenvalue weighted by atomic mass is 79.9. The van der Waals surface area contributed by atoms with Crippen LogP contribution >= 0.6 is 15.9 Å². The van der Waals surface area contributed by atoms with Crippen molar-refractivity contribution in [1.82, 2.24) is 9.78 Å².